The zero-order valence-corrected chi connectivity index (χ0v) is 9.97. The Kier molecular flexibility index (Phi) is 4.35. The summed E-state index contributed by atoms with van der Waals surface area (Å²) < 4.78 is 0. The molecular formula is C9H10BrClN2O. The molecule has 0 saturated carbocycles. The van der Waals surface area contributed by atoms with E-state index in [1.54, 1.807) is 18.2 Å². The second-order valence-electron chi connectivity index (χ2n) is 2.71. The van der Waals surface area contributed by atoms with Gasteiger partial charge in [-0.3, -0.25) is 4.79 Å². The van der Waals surface area contributed by atoms with E-state index in [4.69, 9.17) is 11.6 Å². The van der Waals surface area contributed by atoms with Crippen LogP contribution in [0.25, 0.3) is 0 Å². The molecule has 1 aromatic rings. The fraction of sp³-hybridized carbons (Fsp3) is 0.333. The maximum Gasteiger partial charge on any atom is 0.239 e. The van der Waals surface area contributed by atoms with Crippen LogP contribution in [0.2, 0.25) is 5.15 Å². The Bertz CT molecular complexity index is 332. The maximum absolute atomic E-state index is 11.4. The van der Waals surface area contributed by atoms with Crippen molar-refractivity contribution >= 4 is 39.3 Å². The predicted molar refractivity (Wildman–Crippen MR) is 60.9 cm³/mol. The van der Waals surface area contributed by atoms with Crippen molar-refractivity contribution < 1.29 is 4.79 Å². The normalized spacial score (nSPS) is 12.2. The van der Waals surface area contributed by atoms with Gasteiger partial charge in [-0.1, -0.05) is 40.5 Å². The number of pyridine rings is 1. The van der Waals surface area contributed by atoms with Crippen LogP contribution >= 0.6 is 27.5 Å². The van der Waals surface area contributed by atoms with E-state index in [1.165, 1.54) is 0 Å². The molecule has 0 aliphatic carbocycles. The Morgan fingerprint density at radius 3 is 3.00 bits per heavy atom. The van der Waals surface area contributed by atoms with Gasteiger partial charge in [-0.2, -0.15) is 0 Å². The zero-order chi connectivity index (χ0) is 10.6. The standard InChI is InChI=1S/C9H10BrClN2O/c1-2-6(10)9(14)13-8-5-3-4-7(11)12-8/h3-6H,2H2,1H3,(H,12,13,14). The Morgan fingerprint density at radius 1 is 1.71 bits per heavy atom. The highest BCUT2D eigenvalue weighted by Crippen LogP contribution is 2.12. The molecule has 0 aliphatic rings. The van der Waals surface area contributed by atoms with Crippen LogP contribution < -0.4 is 5.32 Å². The molecule has 0 aliphatic heterocycles. The van der Waals surface area contributed by atoms with Crippen LogP contribution in [-0.4, -0.2) is 15.7 Å². The van der Waals surface area contributed by atoms with Crippen molar-refractivity contribution in [2.45, 2.75) is 18.2 Å². The van der Waals surface area contributed by atoms with Crippen LogP contribution in [0.15, 0.2) is 18.2 Å². The van der Waals surface area contributed by atoms with Gasteiger partial charge in [0.05, 0.1) is 4.83 Å². The molecule has 5 heteroatoms. The van der Waals surface area contributed by atoms with Gasteiger partial charge in [0, 0.05) is 0 Å². The third-order valence-electron chi connectivity index (χ3n) is 1.61. The van der Waals surface area contributed by atoms with Crippen molar-refractivity contribution in [1.82, 2.24) is 4.98 Å². The lowest BCUT2D eigenvalue weighted by Crippen LogP contribution is -2.22. The second kappa shape index (κ2) is 5.32. The molecule has 14 heavy (non-hydrogen) atoms. The largest absolute Gasteiger partial charge is 0.310 e. The van der Waals surface area contributed by atoms with Gasteiger partial charge < -0.3 is 5.32 Å². The molecule has 0 fully saturated rings. The fourth-order valence-electron chi connectivity index (χ4n) is 0.868. The van der Waals surface area contributed by atoms with E-state index in [2.05, 4.69) is 26.2 Å². The summed E-state index contributed by atoms with van der Waals surface area (Å²) in [5, 5.41) is 3.02. The number of nitrogens with zero attached hydrogens (tertiary/aromatic N) is 1. The predicted octanol–water partition coefficient (Wildman–Crippen LogP) is 2.85. The Morgan fingerprint density at radius 2 is 2.43 bits per heavy atom. The Hall–Kier alpha value is -0.610. The van der Waals surface area contributed by atoms with Gasteiger partial charge in [-0.25, -0.2) is 4.98 Å². The summed E-state index contributed by atoms with van der Waals surface area (Å²) in [7, 11) is 0. The van der Waals surface area contributed by atoms with Gasteiger partial charge in [0.1, 0.15) is 11.0 Å². The molecule has 1 atom stereocenters. The fourth-order valence-corrected chi connectivity index (χ4v) is 1.15. The summed E-state index contributed by atoms with van der Waals surface area (Å²) in [5.41, 5.74) is 0. The zero-order valence-electron chi connectivity index (χ0n) is 7.63. The first-order valence-electron chi connectivity index (χ1n) is 4.21. The number of hydrogen-bond acceptors (Lipinski definition) is 2. The molecule has 0 spiro atoms. The molecule has 0 aromatic carbocycles. The van der Waals surface area contributed by atoms with Crippen LogP contribution in [-0.2, 0) is 4.79 Å². The molecule has 0 radical (unpaired) electrons. The van der Waals surface area contributed by atoms with Crippen LogP contribution in [0.3, 0.4) is 0 Å². The summed E-state index contributed by atoms with van der Waals surface area (Å²) >= 11 is 8.91. The summed E-state index contributed by atoms with van der Waals surface area (Å²) in [6.45, 7) is 1.92. The number of amides is 1. The van der Waals surface area contributed by atoms with E-state index in [-0.39, 0.29) is 10.7 Å². The maximum atomic E-state index is 11.4. The lowest BCUT2D eigenvalue weighted by molar-refractivity contribution is -0.115. The van der Waals surface area contributed by atoms with Gasteiger partial charge in [0.25, 0.3) is 0 Å². The first kappa shape index (κ1) is 11.5. The molecule has 1 unspecified atom stereocenters. The highest BCUT2D eigenvalue weighted by atomic mass is 79.9. The number of carbonyl (C=O) groups is 1. The minimum atomic E-state index is -0.191. The van der Waals surface area contributed by atoms with Crippen LogP contribution in [0.4, 0.5) is 5.82 Å². The molecule has 0 bridgehead atoms. The Labute approximate surface area is 96.0 Å². The number of carbonyl (C=O) groups excluding carboxylic acids is 1. The average molecular weight is 278 g/mol. The molecule has 1 heterocycles. The summed E-state index contributed by atoms with van der Waals surface area (Å²) in [6, 6.07) is 5.09. The third-order valence-corrected chi connectivity index (χ3v) is 2.88. The highest BCUT2D eigenvalue weighted by molar-refractivity contribution is 9.10. The van der Waals surface area contributed by atoms with E-state index in [9.17, 15) is 4.79 Å². The van der Waals surface area contributed by atoms with Gasteiger partial charge in [0.2, 0.25) is 5.91 Å². The smallest absolute Gasteiger partial charge is 0.239 e. The number of halogens is 2. The monoisotopic (exact) mass is 276 g/mol. The Balaban J connectivity index is 2.65. The lowest BCUT2D eigenvalue weighted by Gasteiger charge is -2.07. The number of rotatable bonds is 3. The minimum Gasteiger partial charge on any atom is -0.310 e. The number of alkyl halides is 1. The molecule has 1 amide bonds. The van der Waals surface area contributed by atoms with Crippen molar-refractivity contribution in [3.05, 3.63) is 23.4 Å². The van der Waals surface area contributed by atoms with E-state index >= 15 is 0 Å². The molecule has 76 valence electrons. The summed E-state index contributed by atoms with van der Waals surface area (Å²) in [6.07, 6.45) is 0.729. The van der Waals surface area contributed by atoms with E-state index in [1.807, 2.05) is 6.92 Å². The highest BCUT2D eigenvalue weighted by Gasteiger charge is 2.12. The minimum absolute atomic E-state index is 0.109. The molecule has 3 nitrogen and oxygen atoms in total. The quantitative estimate of drug-likeness (QED) is 0.682. The van der Waals surface area contributed by atoms with E-state index in [0.29, 0.717) is 11.0 Å². The number of aromatic nitrogens is 1. The van der Waals surface area contributed by atoms with Crippen molar-refractivity contribution in [2.75, 3.05) is 5.32 Å². The lowest BCUT2D eigenvalue weighted by atomic mass is 10.3. The molecule has 0 saturated heterocycles. The first-order chi connectivity index (χ1) is 6.63. The first-order valence-corrected chi connectivity index (χ1v) is 5.50. The number of hydrogen-bond donors (Lipinski definition) is 1. The van der Waals surface area contributed by atoms with Crippen LogP contribution in [0.1, 0.15) is 13.3 Å². The van der Waals surface area contributed by atoms with Gasteiger partial charge in [0.15, 0.2) is 0 Å². The third kappa shape index (κ3) is 3.27. The summed E-state index contributed by atoms with van der Waals surface area (Å²) in [5.74, 6) is 0.364. The second-order valence-corrected chi connectivity index (χ2v) is 4.20. The SMILES string of the molecule is CCC(Br)C(=O)Nc1cccc(Cl)n1. The van der Waals surface area contributed by atoms with Crippen molar-refractivity contribution in [1.29, 1.82) is 0 Å². The molecule has 1 aromatic heterocycles. The molecule has 1 N–H and O–H groups in total. The van der Waals surface area contributed by atoms with Crippen molar-refractivity contribution in [3.8, 4) is 0 Å². The number of anilines is 1. The average Bonchev–Trinajstić information content (AvgIpc) is 2.16. The van der Waals surface area contributed by atoms with Gasteiger partial charge in [-0.05, 0) is 18.6 Å². The van der Waals surface area contributed by atoms with E-state index < -0.39 is 0 Å². The van der Waals surface area contributed by atoms with Crippen molar-refractivity contribution in [2.24, 2.45) is 0 Å². The molecule has 1 rings (SSSR count). The summed E-state index contributed by atoms with van der Waals surface area (Å²) in [4.78, 5) is 15.2. The number of nitrogens with one attached hydrogen (secondary N) is 1. The van der Waals surface area contributed by atoms with Gasteiger partial charge in [-0.15, -0.1) is 0 Å². The van der Waals surface area contributed by atoms with Crippen LogP contribution in [0.5, 0.6) is 0 Å². The van der Waals surface area contributed by atoms with Crippen molar-refractivity contribution in [3.63, 3.8) is 0 Å². The van der Waals surface area contributed by atoms with E-state index in [0.717, 1.165) is 6.42 Å². The topological polar surface area (TPSA) is 42.0 Å². The molecular weight excluding hydrogens is 267 g/mol. The van der Waals surface area contributed by atoms with Gasteiger partial charge >= 0.3 is 0 Å². The van der Waals surface area contributed by atoms with Crippen LogP contribution in [0, 0.1) is 0 Å².